The van der Waals surface area contributed by atoms with E-state index in [0.717, 1.165) is 23.8 Å². The second-order valence-corrected chi connectivity index (χ2v) is 9.06. The number of hydrogen-bond acceptors (Lipinski definition) is 8. The third-order valence-corrected chi connectivity index (χ3v) is 4.88. The van der Waals surface area contributed by atoms with Crippen molar-refractivity contribution in [1.82, 2.24) is 10.6 Å². The summed E-state index contributed by atoms with van der Waals surface area (Å²) in [5.74, 6) is 0.663. The van der Waals surface area contributed by atoms with Gasteiger partial charge in [0, 0.05) is 5.56 Å². The van der Waals surface area contributed by atoms with Gasteiger partial charge in [-0.2, -0.15) is 0 Å². The molecule has 1 fully saturated rings. The van der Waals surface area contributed by atoms with Crippen molar-refractivity contribution in [2.75, 3.05) is 0 Å². The normalized spacial score (nSPS) is 15.6. The van der Waals surface area contributed by atoms with Gasteiger partial charge < -0.3 is 28.4 Å². The fraction of sp³-hybridized carbons (Fsp3) is 0.407. The predicted octanol–water partition coefficient (Wildman–Crippen LogP) is -4.28. The summed E-state index contributed by atoms with van der Waals surface area (Å²) in [7, 11) is 0. The van der Waals surface area contributed by atoms with Crippen LogP contribution in [0, 0.1) is 11.8 Å². The maximum absolute atomic E-state index is 11.7. The molecule has 206 valence electrons. The smallest absolute Gasteiger partial charge is 1.00 e. The number of nitrogens with one attached hydrogen (secondary N) is 2. The summed E-state index contributed by atoms with van der Waals surface area (Å²) < 4.78 is 0. The van der Waals surface area contributed by atoms with Gasteiger partial charge in [0.05, 0.1) is 12.1 Å². The fourth-order valence-corrected chi connectivity index (χ4v) is 3.19. The Balaban J connectivity index is -0.000000234. The van der Waals surface area contributed by atoms with E-state index in [9.17, 15) is 14.4 Å². The average Bonchev–Trinajstić information content (AvgIpc) is 3.25. The van der Waals surface area contributed by atoms with Crippen molar-refractivity contribution in [2.24, 2.45) is 23.3 Å². The fourth-order valence-electron chi connectivity index (χ4n) is 3.19. The molecule has 6 N–H and O–H groups in total. The first-order valence-corrected chi connectivity index (χ1v) is 11.9. The van der Waals surface area contributed by atoms with Crippen LogP contribution in [0.3, 0.4) is 0 Å². The van der Waals surface area contributed by atoms with Gasteiger partial charge in [0.15, 0.2) is 0 Å². The summed E-state index contributed by atoms with van der Waals surface area (Å²) in [6.45, 7) is 8.08. The maximum atomic E-state index is 11.7. The van der Waals surface area contributed by atoms with Crippen molar-refractivity contribution < 1.29 is 134 Å². The molecule has 3 rings (SSSR count). The molecule has 39 heavy (non-hydrogen) atoms. The van der Waals surface area contributed by atoms with Crippen molar-refractivity contribution in [2.45, 2.75) is 58.8 Å². The molecule has 1 aliphatic rings. The predicted molar refractivity (Wildman–Crippen MR) is 140 cm³/mol. The first-order valence-electron chi connectivity index (χ1n) is 11.9. The number of aldehydes is 1. The molecule has 2 amide bonds. The number of rotatable bonds is 8. The average molecular weight is 595 g/mol. The Morgan fingerprint density at radius 1 is 1.00 bits per heavy atom. The number of hydrogen-bond donors (Lipinski definition) is 4. The first kappa shape index (κ1) is 43.1. The monoisotopic (exact) mass is 594 g/mol. The van der Waals surface area contributed by atoms with Crippen LogP contribution in [0.5, 0.6) is 0 Å². The zero-order valence-electron chi connectivity index (χ0n) is 24.8. The summed E-state index contributed by atoms with van der Waals surface area (Å²) in [6, 6.07) is 18.6. The van der Waals surface area contributed by atoms with E-state index in [1.54, 1.807) is 12.1 Å². The van der Waals surface area contributed by atoms with E-state index in [0.29, 0.717) is 18.3 Å². The van der Waals surface area contributed by atoms with Gasteiger partial charge in [-0.1, -0.05) is 88.4 Å². The van der Waals surface area contributed by atoms with Crippen LogP contribution < -0.4 is 130 Å². The van der Waals surface area contributed by atoms with Crippen LogP contribution in [0.2, 0.25) is 0 Å². The molecule has 0 aromatic heterocycles. The summed E-state index contributed by atoms with van der Waals surface area (Å²) in [4.78, 5) is 43.3. The van der Waals surface area contributed by atoms with E-state index in [1.165, 1.54) is 0 Å². The number of nitrogens with two attached hydrogens (primary N) is 2. The molecule has 12 heteroatoms. The van der Waals surface area contributed by atoms with Gasteiger partial charge >= 0.3 is 103 Å². The second-order valence-electron chi connectivity index (χ2n) is 9.06. The van der Waals surface area contributed by atoms with E-state index in [2.05, 4.69) is 29.4 Å². The van der Waals surface area contributed by atoms with Crippen LogP contribution >= 0.6 is 0 Å². The SMILES string of the molecule is CC(C)C[C@@H]1NC(c2ccccc2)NC1=O.CC(C)C[C@H](N)C(N)=O.O=CO[O-].O=Cc1ccccc1.[H-].[K+].[K+]. The molecule has 0 radical (unpaired) electrons. The summed E-state index contributed by atoms with van der Waals surface area (Å²) in [5.41, 5.74) is 12.1. The number of carbonyl (C=O) groups is 4. The van der Waals surface area contributed by atoms with E-state index in [1.807, 2.05) is 62.4 Å². The summed E-state index contributed by atoms with van der Waals surface area (Å²) in [5, 5.41) is 14.7. The Labute approximate surface area is 318 Å². The number of amides is 2. The zero-order valence-corrected chi connectivity index (χ0v) is 30.1. The molecule has 0 spiro atoms. The molecular formula is C27H40K2N4O6. The van der Waals surface area contributed by atoms with Crippen molar-refractivity contribution in [3.05, 3.63) is 71.8 Å². The minimum Gasteiger partial charge on any atom is -1.00 e. The molecule has 10 nitrogen and oxygen atoms in total. The molecular weight excluding hydrogens is 555 g/mol. The van der Waals surface area contributed by atoms with Crippen molar-refractivity contribution in [3.8, 4) is 0 Å². The number of benzene rings is 2. The van der Waals surface area contributed by atoms with Gasteiger partial charge in [-0.15, -0.1) is 0 Å². The van der Waals surface area contributed by atoms with Crippen LogP contribution in [0.25, 0.3) is 0 Å². The van der Waals surface area contributed by atoms with Crippen molar-refractivity contribution in [1.29, 1.82) is 0 Å². The van der Waals surface area contributed by atoms with Crippen molar-refractivity contribution in [3.63, 3.8) is 0 Å². The van der Waals surface area contributed by atoms with Crippen molar-refractivity contribution >= 4 is 24.6 Å². The van der Waals surface area contributed by atoms with Gasteiger partial charge in [0.2, 0.25) is 11.8 Å². The van der Waals surface area contributed by atoms with E-state index >= 15 is 0 Å². The Kier molecular flexibility index (Phi) is 29.4. The second kappa shape index (κ2) is 26.6. The summed E-state index contributed by atoms with van der Waals surface area (Å²) in [6.07, 6.45) is 2.36. The minimum atomic E-state index is -0.468. The Morgan fingerprint density at radius 3 is 1.82 bits per heavy atom. The molecule has 2 aromatic rings. The molecule has 3 atom stereocenters. The van der Waals surface area contributed by atoms with Crippen LogP contribution in [0.1, 0.15) is 64.1 Å². The zero-order chi connectivity index (χ0) is 28.2. The first-order chi connectivity index (χ1) is 17.5. The van der Waals surface area contributed by atoms with Crippen LogP contribution in [-0.4, -0.2) is 36.7 Å². The molecule has 0 saturated carbocycles. The van der Waals surface area contributed by atoms with Gasteiger partial charge in [-0.25, -0.2) is 0 Å². The quantitative estimate of drug-likeness (QED) is 0.103. The third kappa shape index (κ3) is 22.0. The third-order valence-electron chi connectivity index (χ3n) is 4.88. The molecule has 1 unspecified atom stereocenters. The maximum Gasteiger partial charge on any atom is 1.00 e. The van der Waals surface area contributed by atoms with Gasteiger partial charge in [0.1, 0.15) is 12.5 Å². The summed E-state index contributed by atoms with van der Waals surface area (Å²) >= 11 is 0. The molecule has 1 heterocycles. The topological polar surface area (TPSA) is 177 Å². The van der Waals surface area contributed by atoms with Crippen LogP contribution in [0.4, 0.5) is 0 Å². The Bertz CT molecular complexity index is 928. The number of primary amides is 1. The molecule has 2 aromatic carbocycles. The molecule has 1 aliphatic heterocycles. The molecule has 0 bridgehead atoms. The molecule has 0 aliphatic carbocycles. The number of carbonyl (C=O) groups excluding carboxylic acids is 4. The standard InChI is InChI=1S/C13H18N2O.C7H6O.C6H14N2O.CH2O3.2K.H/c1-9(2)8-11-13(16)15-12(14-11)10-6-4-3-5-7-10;8-6-7-4-2-1-3-5-7;1-4(2)3-5(7)6(8)9;2-1-4-3;;;/h3-7,9,11-12,14H,8H2,1-2H3,(H,15,16);1-6H;4-5H,3,7H2,1-2H3,(H2,8,9);1,3H;;;/q;;;;2*+1;-1/p-1/t11-,12?;;5-;;;;/m0.0..../s1. The van der Waals surface area contributed by atoms with Crippen LogP contribution in [0.15, 0.2) is 60.7 Å². The van der Waals surface area contributed by atoms with Gasteiger partial charge in [0.25, 0.3) is 6.47 Å². The van der Waals surface area contributed by atoms with Gasteiger partial charge in [-0.05, 0) is 30.2 Å². The van der Waals surface area contributed by atoms with E-state index < -0.39 is 11.9 Å². The van der Waals surface area contributed by atoms with E-state index in [4.69, 9.17) is 21.5 Å². The van der Waals surface area contributed by atoms with Crippen LogP contribution in [-0.2, 0) is 19.3 Å². The Morgan fingerprint density at radius 2 is 1.49 bits per heavy atom. The van der Waals surface area contributed by atoms with Gasteiger partial charge in [-0.3, -0.25) is 24.5 Å². The molecule has 1 saturated heterocycles. The minimum absolute atomic E-state index is 0. The Hall–Kier alpha value is -0.327. The van der Waals surface area contributed by atoms with E-state index in [-0.39, 0.29) is 129 Å². The largest absolute Gasteiger partial charge is 1.00 e.